The average Bonchev–Trinajstić information content (AvgIpc) is 2.66. The molecular formula is C22H24O6. The van der Waals surface area contributed by atoms with Crippen molar-refractivity contribution in [3.05, 3.63) is 52.6 Å². The molecule has 1 aliphatic rings. The van der Waals surface area contributed by atoms with E-state index in [1.54, 1.807) is 13.2 Å². The lowest BCUT2D eigenvalue weighted by molar-refractivity contribution is 0.0889. The minimum atomic E-state index is -0.702. The largest absolute Gasteiger partial charge is 0.508 e. The van der Waals surface area contributed by atoms with Gasteiger partial charge < -0.3 is 24.4 Å². The molecule has 0 fully saturated rings. The Morgan fingerprint density at radius 3 is 2.57 bits per heavy atom. The molecule has 0 amide bonds. The minimum absolute atomic E-state index is 0.0721. The summed E-state index contributed by atoms with van der Waals surface area (Å²) in [4.78, 5) is 13.3. The number of benzene rings is 2. The number of aromatic hydroxyl groups is 2. The van der Waals surface area contributed by atoms with Gasteiger partial charge in [0.2, 0.25) is 0 Å². The lowest BCUT2D eigenvalue weighted by atomic mass is 9.86. The first-order valence-corrected chi connectivity index (χ1v) is 8.97. The standard InChI is InChI=1S/C22H24O6/c1-12(2)5-7-15-18(26-3)10-19-20(22(15)27-4)21(25)16(11-28-19)14-8-6-13(23)9-17(14)24/h5-6,8-10,16,23-24H,7,11H2,1-4H3/t16-/m0/s1. The fourth-order valence-corrected chi connectivity index (χ4v) is 3.39. The highest BCUT2D eigenvalue weighted by Crippen LogP contribution is 2.45. The number of carbonyl (C=O) groups is 1. The van der Waals surface area contributed by atoms with Gasteiger partial charge in [-0.1, -0.05) is 17.7 Å². The number of fused-ring (bicyclic) bond motifs is 1. The van der Waals surface area contributed by atoms with Crippen molar-refractivity contribution in [3.8, 4) is 28.7 Å². The van der Waals surface area contributed by atoms with Crippen molar-refractivity contribution >= 4 is 5.78 Å². The summed E-state index contributed by atoms with van der Waals surface area (Å²) < 4.78 is 16.9. The fraction of sp³-hybridized carbons (Fsp3) is 0.318. The topological polar surface area (TPSA) is 85.2 Å². The lowest BCUT2D eigenvalue weighted by Crippen LogP contribution is -2.27. The van der Waals surface area contributed by atoms with Crippen LogP contribution in [0.15, 0.2) is 35.9 Å². The second kappa shape index (κ2) is 7.84. The minimum Gasteiger partial charge on any atom is -0.508 e. The molecule has 0 aliphatic carbocycles. The van der Waals surface area contributed by atoms with Gasteiger partial charge in [0.15, 0.2) is 5.78 Å². The number of ether oxygens (including phenoxy) is 3. The van der Waals surface area contributed by atoms with Gasteiger partial charge in [0.1, 0.15) is 40.9 Å². The molecule has 3 rings (SSSR count). The molecule has 6 nitrogen and oxygen atoms in total. The SMILES string of the molecule is COc1cc2c(c(OC)c1CC=C(C)C)C(=O)[C@H](c1ccc(O)cc1O)CO2. The van der Waals surface area contributed by atoms with E-state index >= 15 is 0 Å². The normalized spacial score (nSPS) is 15.4. The highest BCUT2D eigenvalue weighted by molar-refractivity contribution is 6.07. The Morgan fingerprint density at radius 2 is 1.96 bits per heavy atom. The summed E-state index contributed by atoms with van der Waals surface area (Å²) in [5.41, 5.74) is 2.63. The molecule has 0 spiro atoms. The molecule has 2 aromatic rings. The molecular weight excluding hydrogens is 360 g/mol. The monoisotopic (exact) mass is 384 g/mol. The number of allylic oxidation sites excluding steroid dienone is 2. The average molecular weight is 384 g/mol. The quantitative estimate of drug-likeness (QED) is 0.759. The van der Waals surface area contributed by atoms with Crippen LogP contribution in [0.3, 0.4) is 0 Å². The first kappa shape index (κ1) is 19.6. The number of Topliss-reactive ketones (excluding diaryl/α,β-unsaturated/α-hetero) is 1. The molecule has 1 aliphatic heterocycles. The molecule has 0 radical (unpaired) electrons. The van der Waals surface area contributed by atoms with Crippen molar-refractivity contribution in [3.63, 3.8) is 0 Å². The van der Waals surface area contributed by atoms with Crippen molar-refractivity contribution in [1.82, 2.24) is 0 Å². The van der Waals surface area contributed by atoms with E-state index in [1.165, 1.54) is 25.3 Å². The van der Waals surface area contributed by atoms with E-state index in [1.807, 2.05) is 19.9 Å². The van der Waals surface area contributed by atoms with Crippen LogP contribution in [0.25, 0.3) is 0 Å². The Bertz CT molecular complexity index is 941. The van der Waals surface area contributed by atoms with E-state index in [4.69, 9.17) is 14.2 Å². The van der Waals surface area contributed by atoms with Gasteiger partial charge >= 0.3 is 0 Å². The van der Waals surface area contributed by atoms with Gasteiger partial charge in [0.05, 0.1) is 20.1 Å². The van der Waals surface area contributed by atoms with E-state index in [9.17, 15) is 15.0 Å². The van der Waals surface area contributed by atoms with Gasteiger partial charge in [-0.15, -0.1) is 0 Å². The van der Waals surface area contributed by atoms with Crippen molar-refractivity contribution in [1.29, 1.82) is 0 Å². The first-order valence-electron chi connectivity index (χ1n) is 8.97. The predicted molar refractivity (Wildman–Crippen MR) is 105 cm³/mol. The molecule has 2 aromatic carbocycles. The maximum atomic E-state index is 13.3. The van der Waals surface area contributed by atoms with E-state index in [2.05, 4.69) is 0 Å². The smallest absolute Gasteiger partial charge is 0.181 e. The first-order chi connectivity index (χ1) is 13.4. The number of carbonyl (C=O) groups excluding carboxylic acids is 1. The van der Waals surface area contributed by atoms with E-state index in [-0.39, 0.29) is 23.9 Å². The third-order valence-corrected chi connectivity index (χ3v) is 4.80. The summed E-state index contributed by atoms with van der Waals surface area (Å²) in [6.07, 6.45) is 2.58. The van der Waals surface area contributed by atoms with Gasteiger partial charge in [-0.25, -0.2) is 0 Å². The molecule has 2 N–H and O–H groups in total. The van der Waals surface area contributed by atoms with Crippen molar-refractivity contribution < 1.29 is 29.2 Å². The number of hydrogen-bond acceptors (Lipinski definition) is 6. The summed E-state index contributed by atoms with van der Waals surface area (Å²) in [7, 11) is 3.07. The highest BCUT2D eigenvalue weighted by Gasteiger charge is 2.36. The van der Waals surface area contributed by atoms with Crippen molar-refractivity contribution in [2.45, 2.75) is 26.2 Å². The number of methoxy groups -OCH3 is 2. The third-order valence-electron chi connectivity index (χ3n) is 4.80. The molecule has 0 saturated heterocycles. The van der Waals surface area contributed by atoms with Crippen LogP contribution in [0.4, 0.5) is 0 Å². The Labute approximate surface area is 164 Å². The molecule has 0 bridgehead atoms. The second-order valence-corrected chi connectivity index (χ2v) is 6.92. The maximum Gasteiger partial charge on any atom is 0.181 e. The van der Waals surface area contributed by atoms with Gasteiger partial charge in [0, 0.05) is 23.3 Å². The molecule has 0 saturated carbocycles. The highest BCUT2D eigenvalue weighted by atomic mass is 16.5. The molecule has 0 aromatic heterocycles. The number of ketones is 1. The van der Waals surface area contributed by atoms with E-state index in [0.29, 0.717) is 34.8 Å². The molecule has 148 valence electrons. The zero-order valence-corrected chi connectivity index (χ0v) is 16.4. The molecule has 28 heavy (non-hydrogen) atoms. The van der Waals surface area contributed by atoms with E-state index in [0.717, 1.165) is 11.1 Å². The Morgan fingerprint density at radius 1 is 1.21 bits per heavy atom. The van der Waals surface area contributed by atoms with Crippen molar-refractivity contribution in [2.75, 3.05) is 20.8 Å². The fourth-order valence-electron chi connectivity index (χ4n) is 3.39. The summed E-state index contributed by atoms with van der Waals surface area (Å²) in [6, 6.07) is 5.88. The van der Waals surface area contributed by atoms with Gasteiger partial charge in [-0.2, -0.15) is 0 Å². The van der Waals surface area contributed by atoms with Crippen molar-refractivity contribution in [2.24, 2.45) is 0 Å². The number of rotatable bonds is 5. The van der Waals surface area contributed by atoms with Crippen LogP contribution < -0.4 is 14.2 Å². The van der Waals surface area contributed by atoms with Crippen LogP contribution in [0, 0.1) is 0 Å². The maximum absolute atomic E-state index is 13.3. The summed E-state index contributed by atoms with van der Waals surface area (Å²) in [6.45, 7) is 4.06. The lowest BCUT2D eigenvalue weighted by Gasteiger charge is -2.28. The van der Waals surface area contributed by atoms with Gasteiger partial charge in [-0.3, -0.25) is 4.79 Å². The number of phenols is 2. The second-order valence-electron chi connectivity index (χ2n) is 6.92. The Kier molecular flexibility index (Phi) is 5.49. The Balaban J connectivity index is 2.13. The summed E-state index contributed by atoms with van der Waals surface area (Å²) >= 11 is 0. The number of hydrogen-bond donors (Lipinski definition) is 2. The van der Waals surface area contributed by atoms with Crippen LogP contribution in [-0.4, -0.2) is 36.8 Å². The zero-order chi connectivity index (χ0) is 20.4. The van der Waals surface area contributed by atoms with Gasteiger partial charge in [-0.05, 0) is 26.3 Å². The number of phenolic OH excluding ortho intramolecular Hbond substituents is 2. The van der Waals surface area contributed by atoms with Gasteiger partial charge in [0.25, 0.3) is 0 Å². The third kappa shape index (κ3) is 3.50. The molecule has 6 heteroatoms. The molecule has 0 unspecified atom stereocenters. The molecule has 1 atom stereocenters. The van der Waals surface area contributed by atoms with Crippen LogP contribution in [0.1, 0.15) is 41.3 Å². The van der Waals surface area contributed by atoms with Crippen LogP contribution in [0.2, 0.25) is 0 Å². The Hall–Kier alpha value is -3.15. The summed E-state index contributed by atoms with van der Waals surface area (Å²) in [5, 5.41) is 19.7. The van der Waals surface area contributed by atoms with Crippen LogP contribution in [0.5, 0.6) is 28.7 Å². The summed E-state index contributed by atoms with van der Waals surface area (Å²) in [5.74, 6) is 0.271. The van der Waals surface area contributed by atoms with Crippen LogP contribution in [-0.2, 0) is 6.42 Å². The molecule has 1 heterocycles. The predicted octanol–water partition coefficient (Wildman–Crippen LogP) is 3.98. The van der Waals surface area contributed by atoms with E-state index < -0.39 is 5.92 Å². The zero-order valence-electron chi connectivity index (χ0n) is 16.4. The van der Waals surface area contributed by atoms with Crippen LogP contribution >= 0.6 is 0 Å².